The number of nitrogens with zero attached hydrogens (tertiary/aromatic N) is 2. The molecule has 0 amide bonds. The van der Waals surface area contributed by atoms with Crippen molar-refractivity contribution in [3.63, 3.8) is 0 Å². The molecule has 2 nitrogen and oxygen atoms in total. The van der Waals surface area contributed by atoms with Crippen LogP contribution >= 0.6 is 0 Å². The lowest BCUT2D eigenvalue weighted by Gasteiger charge is -2.25. The van der Waals surface area contributed by atoms with E-state index in [9.17, 15) is 0 Å². The Morgan fingerprint density at radius 1 is 1.00 bits per heavy atom. The summed E-state index contributed by atoms with van der Waals surface area (Å²) in [5.41, 5.74) is 0. The molecule has 0 aromatic heterocycles. The van der Waals surface area contributed by atoms with Crippen molar-refractivity contribution in [2.75, 3.05) is 33.4 Å². The maximum absolute atomic E-state index is 2.43. The third-order valence-electron chi connectivity index (χ3n) is 1.94. The lowest BCUT2D eigenvalue weighted by molar-refractivity contribution is 0.167. The fraction of sp³-hybridized carbons (Fsp3) is 1.00. The van der Waals surface area contributed by atoms with Gasteiger partial charge < -0.3 is 0 Å². The topological polar surface area (TPSA) is 6.48 Å². The van der Waals surface area contributed by atoms with Gasteiger partial charge in [-0.15, -0.1) is 0 Å². The van der Waals surface area contributed by atoms with Crippen LogP contribution in [-0.2, 0) is 0 Å². The monoisotopic (exact) mass is 158 g/mol. The highest BCUT2D eigenvalue weighted by molar-refractivity contribution is 4.52. The number of rotatable bonds is 6. The van der Waals surface area contributed by atoms with Gasteiger partial charge in [0.25, 0.3) is 0 Å². The summed E-state index contributed by atoms with van der Waals surface area (Å²) in [6.07, 6.45) is 1.25. The molecule has 0 aliphatic rings. The van der Waals surface area contributed by atoms with E-state index < -0.39 is 0 Å². The maximum Gasteiger partial charge on any atom is 0.0503 e. The summed E-state index contributed by atoms with van der Waals surface area (Å²) in [7, 11) is 2.18. The number of hydrogen-bond acceptors (Lipinski definition) is 2. The molecule has 0 heterocycles. The van der Waals surface area contributed by atoms with Crippen LogP contribution in [0.3, 0.4) is 0 Å². The summed E-state index contributed by atoms with van der Waals surface area (Å²) in [5.74, 6) is 0. The predicted octanol–water partition coefficient (Wildman–Crippen LogP) is 1.63. The van der Waals surface area contributed by atoms with E-state index in [-0.39, 0.29) is 0 Å². The van der Waals surface area contributed by atoms with Crippen molar-refractivity contribution in [2.24, 2.45) is 0 Å². The van der Waals surface area contributed by atoms with Gasteiger partial charge in [-0.1, -0.05) is 20.8 Å². The van der Waals surface area contributed by atoms with Gasteiger partial charge in [0.15, 0.2) is 0 Å². The van der Waals surface area contributed by atoms with Gasteiger partial charge in [-0.2, -0.15) is 0 Å². The molecule has 0 bridgehead atoms. The van der Waals surface area contributed by atoms with E-state index >= 15 is 0 Å². The Labute approximate surface area is 71.2 Å². The van der Waals surface area contributed by atoms with Gasteiger partial charge >= 0.3 is 0 Å². The van der Waals surface area contributed by atoms with Crippen molar-refractivity contribution >= 4 is 0 Å². The molecule has 0 fully saturated rings. The highest BCUT2D eigenvalue weighted by Gasteiger charge is 2.01. The second-order valence-corrected chi connectivity index (χ2v) is 3.02. The molecule has 0 N–H and O–H groups in total. The maximum atomic E-state index is 2.43. The van der Waals surface area contributed by atoms with Crippen molar-refractivity contribution in [1.29, 1.82) is 0 Å². The first-order valence-electron chi connectivity index (χ1n) is 4.65. The van der Waals surface area contributed by atoms with E-state index in [0.717, 1.165) is 19.8 Å². The van der Waals surface area contributed by atoms with Crippen LogP contribution in [-0.4, -0.2) is 43.2 Å². The first-order valence-corrected chi connectivity index (χ1v) is 4.65. The number of hydrogen-bond donors (Lipinski definition) is 0. The smallest absolute Gasteiger partial charge is 0.0503 e. The Balaban J connectivity index is 3.44. The third-order valence-corrected chi connectivity index (χ3v) is 1.94. The van der Waals surface area contributed by atoms with Gasteiger partial charge in [-0.05, 0) is 33.1 Å². The van der Waals surface area contributed by atoms with Gasteiger partial charge in [-0.3, -0.25) is 9.80 Å². The van der Waals surface area contributed by atoms with Crippen LogP contribution in [0.2, 0.25) is 0 Å². The van der Waals surface area contributed by atoms with E-state index in [1.165, 1.54) is 13.0 Å². The molecule has 0 aliphatic heterocycles. The average Bonchev–Trinajstić information content (AvgIpc) is 2.01. The molecule has 11 heavy (non-hydrogen) atoms. The summed E-state index contributed by atoms with van der Waals surface area (Å²) >= 11 is 0. The zero-order valence-electron chi connectivity index (χ0n) is 8.43. The molecule has 0 saturated carbocycles. The van der Waals surface area contributed by atoms with Crippen molar-refractivity contribution < 1.29 is 0 Å². The van der Waals surface area contributed by atoms with E-state index in [1.807, 2.05) is 0 Å². The molecule has 0 aromatic rings. The first kappa shape index (κ1) is 10.9. The molecule has 0 atom stereocenters. The first-order chi connectivity index (χ1) is 5.24. The summed E-state index contributed by atoms with van der Waals surface area (Å²) in [5, 5.41) is 0. The summed E-state index contributed by atoms with van der Waals surface area (Å²) in [6.45, 7) is 11.3. The van der Waals surface area contributed by atoms with Crippen LogP contribution in [0.25, 0.3) is 0 Å². The predicted molar refractivity (Wildman–Crippen MR) is 50.7 cm³/mol. The van der Waals surface area contributed by atoms with Crippen molar-refractivity contribution in [3.05, 3.63) is 0 Å². The molecule has 0 rings (SSSR count). The standard InChI is InChI=1S/C9H22N2/c1-5-8-10(4)9-11(6-2)7-3/h5-9H2,1-4H3. The molecular formula is C9H22N2. The van der Waals surface area contributed by atoms with Gasteiger partial charge in [0, 0.05) is 0 Å². The Bertz CT molecular complexity index is 79.6. The van der Waals surface area contributed by atoms with Crippen LogP contribution < -0.4 is 0 Å². The third kappa shape index (κ3) is 5.22. The highest BCUT2D eigenvalue weighted by Crippen LogP contribution is 1.91. The minimum absolute atomic E-state index is 1.11. The van der Waals surface area contributed by atoms with E-state index in [2.05, 4.69) is 37.6 Å². The fourth-order valence-electron chi connectivity index (χ4n) is 1.22. The largest absolute Gasteiger partial charge is 0.294 e. The second-order valence-electron chi connectivity index (χ2n) is 3.02. The van der Waals surface area contributed by atoms with E-state index in [4.69, 9.17) is 0 Å². The zero-order chi connectivity index (χ0) is 8.69. The van der Waals surface area contributed by atoms with Gasteiger partial charge in [0.1, 0.15) is 0 Å². The van der Waals surface area contributed by atoms with Gasteiger partial charge in [0.05, 0.1) is 6.67 Å². The summed E-state index contributed by atoms with van der Waals surface area (Å²) in [4.78, 5) is 4.79. The van der Waals surface area contributed by atoms with Crippen LogP contribution in [0.5, 0.6) is 0 Å². The molecular weight excluding hydrogens is 136 g/mol. The summed E-state index contributed by atoms with van der Waals surface area (Å²) in [6, 6.07) is 0. The molecule has 2 heteroatoms. The Morgan fingerprint density at radius 3 is 1.91 bits per heavy atom. The van der Waals surface area contributed by atoms with Crippen LogP contribution in [0, 0.1) is 0 Å². The van der Waals surface area contributed by atoms with Crippen molar-refractivity contribution in [2.45, 2.75) is 27.2 Å². The zero-order valence-corrected chi connectivity index (χ0v) is 8.43. The molecule has 0 spiro atoms. The average molecular weight is 158 g/mol. The molecule has 0 saturated heterocycles. The lowest BCUT2D eigenvalue weighted by atomic mass is 10.4. The van der Waals surface area contributed by atoms with Gasteiger partial charge in [0.2, 0.25) is 0 Å². The molecule has 0 aliphatic carbocycles. The van der Waals surface area contributed by atoms with Crippen molar-refractivity contribution in [1.82, 2.24) is 9.80 Å². The highest BCUT2D eigenvalue weighted by atomic mass is 15.3. The SMILES string of the molecule is CCCN(C)CN(CC)CC. The Kier molecular flexibility index (Phi) is 6.57. The van der Waals surface area contributed by atoms with Crippen LogP contribution in [0.15, 0.2) is 0 Å². The normalized spacial score (nSPS) is 11.5. The summed E-state index contributed by atoms with van der Waals surface area (Å²) < 4.78 is 0. The second kappa shape index (κ2) is 6.62. The minimum Gasteiger partial charge on any atom is -0.294 e. The van der Waals surface area contributed by atoms with E-state index in [1.54, 1.807) is 0 Å². The lowest BCUT2D eigenvalue weighted by Crippen LogP contribution is -2.35. The Hall–Kier alpha value is -0.0800. The van der Waals surface area contributed by atoms with E-state index in [0.29, 0.717) is 0 Å². The fourth-order valence-corrected chi connectivity index (χ4v) is 1.22. The van der Waals surface area contributed by atoms with Crippen LogP contribution in [0.4, 0.5) is 0 Å². The van der Waals surface area contributed by atoms with Crippen molar-refractivity contribution in [3.8, 4) is 0 Å². The quantitative estimate of drug-likeness (QED) is 0.542. The molecule has 68 valence electrons. The molecule has 0 aromatic carbocycles. The van der Waals surface area contributed by atoms with Crippen LogP contribution in [0.1, 0.15) is 27.2 Å². The minimum atomic E-state index is 1.11. The van der Waals surface area contributed by atoms with Gasteiger partial charge in [-0.25, -0.2) is 0 Å². The molecule has 0 radical (unpaired) electrons. The molecule has 0 unspecified atom stereocenters. The Morgan fingerprint density at radius 2 is 1.55 bits per heavy atom.